The first-order valence-corrected chi connectivity index (χ1v) is 5.65. The van der Waals surface area contributed by atoms with Gasteiger partial charge in [0.15, 0.2) is 0 Å². The van der Waals surface area contributed by atoms with Crippen LogP contribution < -0.4 is 4.74 Å². The monoisotopic (exact) mass is 261 g/mol. The summed E-state index contributed by atoms with van der Waals surface area (Å²) < 4.78 is 35.7. The van der Waals surface area contributed by atoms with Crippen LogP contribution in [0.25, 0.3) is 0 Å². The van der Waals surface area contributed by atoms with Crippen molar-refractivity contribution in [2.24, 2.45) is 0 Å². The highest BCUT2D eigenvalue weighted by molar-refractivity contribution is 7.77. The topological polar surface area (TPSA) is 21.7 Å². The predicted molar refractivity (Wildman–Crippen MR) is 62.3 cm³/mol. The molecule has 3 nitrogen and oxygen atoms in total. The molecule has 1 aromatic rings. The van der Waals surface area contributed by atoms with Gasteiger partial charge in [-0.2, -0.15) is 8.78 Å². The first-order valence-electron chi connectivity index (χ1n) is 5.25. The fraction of sp³-hybridized carbons (Fsp3) is 0.455. The lowest BCUT2D eigenvalue weighted by Gasteiger charge is -2.31. The van der Waals surface area contributed by atoms with E-state index in [0.717, 1.165) is 5.56 Å². The largest absolute Gasteiger partial charge is 0.435 e. The minimum Gasteiger partial charge on any atom is -0.435 e. The third kappa shape index (κ3) is 3.31. The number of morpholine rings is 1. The van der Waals surface area contributed by atoms with E-state index in [0.29, 0.717) is 19.8 Å². The van der Waals surface area contributed by atoms with E-state index in [1.165, 1.54) is 6.07 Å². The van der Waals surface area contributed by atoms with Crippen molar-refractivity contribution < 1.29 is 18.3 Å². The molecule has 0 aliphatic carbocycles. The highest BCUT2D eigenvalue weighted by atomic mass is 32.1. The minimum absolute atomic E-state index is 0.0340. The van der Waals surface area contributed by atoms with Gasteiger partial charge in [-0.1, -0.05) is 24.9 Å². The maximum absolute atomic E-state index is 12.1. The molecule has 1 aromatic carbocycles. The lowest BCUT2D eigenvalue weighted by molar-refractivity contribution is -0.0499. The van der Waals surface area contributed by atoms with Gasteiger partial charge in [0.1, 0.15) is 5.75 Å². The summed E-state index contributed by atoms with van der Waals surface area (Å²) in [6, 6.07) is 6.59. The number of alkyl halides is 2. The zero-order valence-corrected chi connectivity index (χ0v) is 9.95. The Hall–Kier alpha value is -0.850. The number of benzene rings is 1. The number of hydrogen-bond donors (Lipinski definition) is 1. The van der Waals surface area contributed by atoms with Crippen LogP contribution in [0.15, 0.2) is 24.3 Å². The van der Waals surface area contributed by atoms with Gasteiger partial charge in [-0.3, -0.25) is 0 Å². The van der Waals surface area contributed by atoms with Crippen LogP contribution in [-0.4, -0.2) is 30.7 Å². The van der Waals surface area contributed by atoms with Gasteiger partial charge < -0.3 is 9.47 Å². The summed E-state index contributed by atoms with van der Waals surface area (Å²) in [6.07, 6.45) is 0. The van der Waals surface area contributed by atoms with Gasteiger partial charge in [-0.25, -0.2) is 4.31 Å². The number of halogens is 2. The normalized spacial score (nSPS) is 21.8. The molecule has 1 heterocycles. The van der Waals surface area contributed by atoms with Gasteiger partial charge in [0, 0.05) is 6.54 Å². The standard InChI is InChI=1S/C11H13F2NO2S/c12-11(13)16-9-3-1-2-8(6-9)10-7-15-5-4-14(10)17/h1-3,6,10-11,17H,4-5,7H2/t10-/m1/s1. The number of nitrogens with zero attached hydrogens (tertiary/aromatic N) is 1. The molecular formula is C11H13F2NO2S. The predicted octanol–water partition coefficient (Wildman–Crippen LogP) is 2.51. The van der Waals surface area contributed by atoms with E-state index >= 15 is 0 Å². The van der Waals surface area contributed by atoms with Crippen molar-refractivity contribution in [1.82, 2.24) is 4.31 Å². The van der Waals surface area contributed by atoms with Crippen LogP contribution in [-0.2, 0) is 4.74 Å². The van der Waals surface area contributed by atoms with Crippen LogP contribution in [0, 0.1) is 0 Å². The molecule has 1 aliphatic rings. The molecule has 0 N–H and O–H groups in total. The molecule has 0 amide bonds. The number of thiol groups is 1. The molecule has 0 aromatic heterocycles. The maximum atomic E-state index is 12.1. The molecule has 0 unspecified atom stereocenters. The Balaban J connectivity index is 2.14. The zero-order chi connectivity index (χ0) is 12.3. The summed E-state index contributed by atoms with van der Waals surface area (Å²) >= 11 is 4.34. The molecule has 1 atom stereocenters. The first kappa shape index (κ1) is 12.6. The van der Waals surface area contributed by atoms with E-state index in [2.05, 4.69) is 17.6 Å². The second-order valence-corrected chi connectivity index (χ2v) is 4.22. The average molecular weight is 261 g/mol. The van der Waals surface area contributed by atoms with Crippen LogP contribution in [0.3, 0.4) is 0 Å². The van der Waals surface area contributed by atoms with Crippen LogP contribution in [0.5, 0.6) is 5.75 Å². The van der Waals surface area contributed by atoms with Crippen molar-refractivity contribution in [2.45, 2.75) is 12.7 Å². The second-order valence-electron chi connectivity index (χ2n) is 3.70. The average Bonchev–Trinajstić information content (AvgIpc) is 2.29. The Morgan fingerprint density at radius 1 is 1.47 bits per heavy atom. The number of rotatable bonds is 3. The van der Waals surface area contributed by atoms with E-state index in [4.69, 9.17) is 4.74 Å². The molecule has 1 aliphatic heterocycles. The highest BCUT2D eigenvalue weighted by Gasteiger charge is 2.22. The van der Waals surface area contributed by atoms with Crippen molar-refractivity contribution in [2.75, 3.05) is 19.8 Å². The Labute approximate surface area is 104 Å². The van der Waals surface area contributed by atoms with Crippen molar-refractivity contribution in [1.29, 1.82) is 0 Å². The molecule has 17 heavy (non-hydrogen) atoms. The molecule has 94 valence electrons. The highest BCUT2D eigenvalue weighted by Crippen LogP contribution is 2.28. The Morgan fingerprint density at radius 2 is 2.29 bits per heavy atom. The zero-order valence-electron chi connectivity index (χ0n) is 9.05. The molecule has 0 spiro atoms. The maximum Gasteiger partial charge on any atom is 0.387 e. The van der Waals surface area contributed by atoms with Crippen molar-refractivity contribution in [3.05, 3.63) is 29.8 Å². The van der Waals surface area contributed by atoms with Crippen LogP contribution >= 0.6 is 12.8 Å². The van der Waals surface area contributed by atoms with Crippen molar-refractivity contribution in [3.8, 4) is 5.75 Å². The SMILES string of the molecule is FC(F)Oc1cccc([C@H]2COCCN2S)c1. The fourth-order valence-electron chi connectivity index (χ4n) is 1.76. The molecule has 0 saturated carbocycles. The summed E-state index contributed by atoms with van der Waals surface area (Å²) in [4.78, 5) is 0. The third-order valence-electron chi connectivity index (χ3n) is 2.57. The quantitative estimate of drug-likeness (QED) is 0.845. The van der Waals surface area contributed by atoms with E-state index in [1.807, 2.05) is 10.4 Å². The van der Waals surface area contributed by atoms with E-state index in [-0.39, 0.29) is 11.8 Å². The summed E-state index contributed by atoms with van der Waals surface area (Å²) in [5.41, 5.74) is 0.859. The third-order valence-corrected chi connectivity index (χ3v) is 3.05. The van der Waals surface area contributed by atoms with Gasteiger partial charge in [0.25, 0.3) is 0 Å². The van der Waals surface area contributed by atoms with Crippen molar-refractivity contribution >= 4 is 12.8 Å². The molecular weight excluding hydrogens is 248 g/mol. The molecule has 0 bridgehead atoms. The molecule has 1 fully saturated rings. The van der Waals surface area contributed by atoms with E-state index in [9.17, 15) is 8.78 Å². The first-order chi connectivity index (χ1) is 8.16. The van der Waals surface area contributed by atoms with Gasteiger partial charge in [-0.05, 0) is 17.7 Å². The van der Waals surface area contributed by atoms with Crippen LogP contribution in [0.4, 0.5) is 8.78 Å². The van der Waals surface area contributed by atoms with Gasteiger partial charge in [0.2, 0.25) is 0 Å². The Bertz CT molecular complexity index is 378. The molecule has 0 radical (unpaired) electrons. The van der Waals surface area contributed by atoms with Crippen LogP contribution in [0.2, 0.25) is 0 Å². The number of hydrogen-bond acceptors (Lipinski definition) is 4. The fourth-order valence-corrected chi connectivity index (χ4v) is 2.04. The Morgan fingerprint density at radius 3 is 3.00 bits per heavy atom. The lowest BCUT2D eigenvalue weighted by atomic mass is 10.1. The van der Waals surface area contributed by atoms with Gasteiger partial charge >= 0.3 is 6.61 Å². The van der Waals surface area contributed by atoms with Crippen LogP contribution in [0.1, 0.15) is 11.6 Å². The van der Waals surface area contributed by atoms with Gasteiger partial charge in [0.05, 0.1) is 19.3 Å². The minimum atomic E-state index is -2.81. The molecule has 6 heteroatoms. The van der Waals surface area contributed by atoms with Crippen molar-refractivity contribution in [3.63, 3.8) is 0 Å². The summed E-state index contributed by atoms with van der Waals surface area (Å²) in [5, 5.41) is 0. The molecule has 2 rings (SSSR count). The summed E-state index contributed by atoms with van der Waals surface area (Å²) in [7, 11) is 0. The summed E-state index contributed by atoms with van der Waals surface area (Å²) in [5.74, 6) is 0.157. The summed E-state index contributed by atoms with van der Waals surface area (Å²) in [6.45, 7) is -0.970. The second kappa shape index (κ2) is 5.66. The Kier molecular flexibility index (Phi) is 4.20. The van der Waals surface area contributed by atoms with E-state index in [1.54, 1.807) is 12.1 Å². The van der Waals surface area contributed by atoms with Gasteiger partial charge in [-0.15, -0.1) is 0 Å². The van der Waals surface area contributed by atoms with E-state index < -0.39 is 6.61 Å². The number of ether oxygens (including phenoxy) is 2. The lowest BCUT2D eigenvalue weighted by Crippen LogP contribution is -2.33. The molecule has 1 saturated heterocycles. The smallest absolute Gasteiger partial charge is 0.387 e.